The maximum Gasteiger partial charge on any atom is 0.128 e. The van der Waals surface area contributed by atoms with E-state index >= 15 is 0 Å². The Hall–Kier alpha value is -1.75. The Morgan fingerprint density at radius 1 is 1.33 bits per heavy atom. The summed E-state index contributed by atoms with van der Waals surface area (Å²) in [4.78, 5) is 0. The Kier molecular flexibility index (Phi) is 2.83. The van der Waals surface area contributed by atoms with Crippen molar-refractivity contribution in [2.45, 2.75) is 31.9 Å². The molecular weight excluding hydrogens is 233 g/mol. The minimum atomic E-state index is -0.236. The Morgan fingerprint density at radius 3 is 2.78 bits per heavy atom. The monoisotopic (exact) mass is 247 g/mol. The number of hydrogen-bond donors (Lipinski definition) is 1. The Bertz CT molecular complexity index is 563. The van der Waals surface area contributed by atoms with Crippen molar-refractivity contribution < 1.29 is 9.50 Å². The zero-order valence-electron chi connectivity index (χ0n) is 9.88. The molecule has 1 saturated carbocycles. The van der Waals surface area contributed by atoms with Gasteiger partial charge < -0.3 is 5.11 Å². The molecule has 0 unspecified atom stereocenters. The van der Waals surface area contributed by atoms with E-state index in [2.05, 4.69) is 10.3 Å². The highest BCUT2D eigenvalue weighted by molar-refractivity contribution is 5.23. The van der Waals surface area contributed by atoms with Crippen LogP contribution in [0.5, 0.6) is 0 Å². The summed E-state index contributed by atoms with van der Waals surface area (Å²) in [7, 11) is 0. The van der Waals surface area contributed by atoms with Crippen LogP contribution in [0.3, 0.4) is 0 Å². The summed E-state index contributed by atoms with van der Waals surface area (Å²) in [5.74, 6) is 0.189. The topological polar surface area (TPSA) is 50.9 Å². The van der Waals surface area contributed by atoms with Crippen molar-refractivity contribution in [3.8, 4) is 0 Å². The predicted molar refractivity (Wildman–Crippen MR) is 63.4 cm³/mol. The van der Waals surface area contributed by atoms with Crippen LogP contribution in [-0.4, -0.2) is 20.1 Å². The molecule has 4 nitrogen and oxygen atoms in total. The van der Waals surface area contributed by atoms with Crippen molar-refractivity contribution in [1.82, 2.24) is 15.0 Å². The molecule has 1 aliphatic rings. The van der Waals surface area contributed by atoms with E-state index in [0.29, 0.717) is 23.7 Å². The second kappa shape index (κ2) is 4.49. The predicted octanol–water partition coefficient (Wildman–Crippen LogP) is 1.84. The number of rotatable bonds is 4. The minimum Gasteiger partial charge on any atom is -0.390 e. The number of benzene rings is 1. The molecule has 0 spiro atoms. The van der Waals surface area contributed by atoms with Crippen molar-refractivity contribution in [3.05, 3.63) is 47.0 Å². The summed E-state index contributed by atoms with van der Waals surface area (Å²) < 4.78 is 15.3. The SMILES string of the molecule is OCc1nnn(Cc2ccccc2F)c1C1CC1. The molecule has 0 aliphatic heterocycles. The number of hydrogen-bond acceptors (Lipinski definition) is 3. The second-order valence-electron chi connectivity index (χ2n) is 4.60. The summed E-state index contributed by atoms with van der Waals surface area (Å²) in [6.45, 7) is 0.259. The molecule has 0 bridgehead atoms. The van der Waals surface area contributed by atoms with E-state index in [-0.39, 0.29) is 12.4 Å². The fourth-order valence-electron chi connectivity index (χ4n) is 2.18. The first-order chi connectivity index (χ1) is 8.79. The highest BCUT2D eigenvalue weighted by atomic mass is 19.1. The fourth-order valence-corrected chi connectivity index (χ4v) is 2.18. The van der Waals surface area contributed by atoms with Crippen LogP contribution < -0.4 is 0 Å². The van der Waals surface area contributed by atoms with Crippen LogP contribution in [0.25, 0.3) is 0 Å². The number of aliphatic hydroxyl groups is 1. The smallest absolute Gasteiger partial charge is 0.128 e. The van der Waals surface area contributed by atoms with E-state index in [1.54, 1.807) is 22.9 Å². The van der Waals surface area contributed by atoms with Crippen molar-refractivity contribution in [2.24, 2.45) is 0 Å². The Balaban J connectivity index is 1.93. The number of aliphatic hydroxyl groups excluding tert-OH is 1. The quantitative estimate of drug-likeness (QED) is 0.896. The Morgan fingerprint density at radius 2 is 2.11 bits per heavy atom. The van der Waals surface area contributed by atoms with Crippen LogP contribution >= 0.6 is 0 Å². The van der Waals surface area contributed by atoms with Crippen LogP contribution in [0.4, 0.5) is 4.39 Å². The van der Waals surface area contributed by atoms with E-state index in [4.69, 9.17) is 0 Å². The van der Waals surface area contributed by atoms with Crippen molar-refractivity contribution in [3.63, 3.8) is 0 Å². The lowest BCUT2D eigenvalue weighted by Gasteiger charge is -2.07. The molecule has 0 amide bonds. The summed E-state index contributed by atoms with van der Waals surface area (Å²) in [6.07, 6.45) is 2.19. The summed E-state index contributed by atoms with van der Waals surface area (Å²) in [5, 5.41) is 17.2. The molecule has 1 N–H and O–H groups in total. The van der Waals surface area contributed by atoms with Gasteiger partial charge in [-0.25, -0.2) is 9.07 Å². The zero-order valence-corrected chi connectivity index (χ0v) is 9.88. The van der Waals surface area contributed by atoms with Crippen LogP contribution in [-0.2, 0) is 13.2 Å². The lowest BCUT2D eigenvalue weighted by atomic mass is 10.2. The average molecular weight is 247 g/mol. The molecule has 1 heterocycles. The van der Waals surface area contributed by atoms with Gasteiger partial charge in [0, 0.05) is 11.5 Å². The lowest BCUT2D eigenvalue weighted by Crippen LogP contribution is -2.08. The van der Waals surface area contributed by atoms with Crippen molar-refractivity contribution in [2.75, 3.05) is 0 Å². The molecule has 1 aliphatic carbocycles. The summed E-state index contributed by atoms with van der Waals surface area (Å²) >= 11 is 0. The maximum atomic E-state index is 13.6. The summed E-state index contributed by atoms with van der Waals surface area (Å²) in [6, 6.07) is 6.66. The van der Waals surface area contributed by atoms with Gasteiger partial charge in [-0.3, -0.25) is 0 Å². The van der Waals surface area contributed by atoms with E-state index in [0.717, 1.165) is 18.5 Å². The third kappa shape index (κ3) is 2.01. The van der Waals surface area contributed by atoms with Gasteiger partial charge in [0.2, 0.25) is 0 Å². The second-order valence-corrected chi connectivity index (χ2v) is 4.60. The number of aromatic nitrogens is 3. The first-order valence-corrected chi connectivity index (χ1v) is 6.06. The van der Waals surface area contributed by atoms with Crippen LogP contribution in [0.15, 0.2) is 24.3 Å². The standard InChI is InChI=1S/C13H14FN3O/c14-11-4-2-1-3-10(11)7-17-13(9-5-6-9)12(8-18)15-16-17/h1-4,9,18H,5-8H2. The number of nitrogens with zero attached hydrogens (tertiary/aromatic N) is 3. The Labute approximate surface area is 104 Å². The highest BCUT2D eigenvalue weighted by Gasteiger charge is 2.31. The van der Waals surface area contributed by atoms with Crippen LogP contribution in [0.2, 0.25) is 0 Å². The van der Waals surface area contributed by atoms with Crippen LogP contribution in [0, 0.1) is 5.82 Å². The van der Waals surface area contributed by atoms with Crippen molar-refractivity contribution in [1.29, 1.82) is 0 Å². The molecule has 2 aromatic rings. The third-order valence-corrected chi connectivity index (χ3v) is 3.24. The van der Waals surface area contributed by atoms with Gasteiger partial charge in [0.1, 0.15) is 11.5 Å². The molecule has 0 saturated heterocycles. The van der Waals surface area contributed by atoms with E-state index < -0.39 is 0 Å². The minimum absolute atomic E-state index is 0.108. The molecule has 94 valence electrons. The first kappa shape index (κ1) is 11.3. The van der Waals surface area contributed by atoms with Crippen molar-refractivity contribution >= 4 is 0 Å². The van der Waals surface area contributed by atoms with Gasteiger partial charge in [-0.05, 0) is 18.9 Å². The largest absolute Gasteiger partial charge is 0.390 e. The molecule has 0 atom stereocenters. The van der Waals surface area contributed by atoms with Gasteiger partial charge in [0.25, 0.3) is 0 Å². The first-order valence-electron chi connectivity index (χ1n) is 6.06. The maximum absolute atomic E-state index is 13.6. The fraction of sp³-hybridized carbons (Fsp3) is 0.385. The van der Waals surface area contributed by atoms with Gasteiger partial charge in [-0.2, -0.15) is 0 Å². The van der Waals surface area contributed by atoms with E-state index in [1.807, 2.05) is 0 Å². The molecule has 3 rings (SSSR count). The molecule has 18 heavy (non-hydrogen) atoms. The molecule has 1 fully saturated rings. The molecule has 0 radical (unpaired) electrons. The molecular formula is C13H14FN3O. The normalized spacial score (nSPS) is 15.0. The average Bonchev–Trinajstić information content (AvgIpc) is 3.14. The lowest BCUT2D eigenvalue weighted by molar-refractivity contribution is 0.275. The molecule has 5 heteroatoms. The molecule has 1 aromatic heterocycles. The zero-order chi connectivity index (χ0) is 12.5. The van der Waals surface area contributed by atoms with Gasteiger partial charge in [-0.1, -0.05) is 23.4 Å². The molecule has 1 aromatic carbocycles. The van der Waals surface area contributed by atoms with E-state index in [9.17, 15) is 9.50 Å². The van der Waals surface area contributed by atoms with E-state index in [1.165, 1.54) is 6.07 Å². The van der Waals surface area contributed by atoms with Crippen LogP contribution in [0.1, 0.15) is 35.7 Å². The highest BCUT2D eigenvalue weighted by Crippen LogP contribution is 2.41. The van der Waals surface area contributed by atoms with Gasteiger partial charge in [-0.15, -0.1) is 5.10 Å². The number of halogens is 1. The summed E-state index contributed by atoms with van der Waals surface area (Å²) in [5.41, 5.74) is 2.17. The van der Waals surface area contributed by atoms with Gasteiger partial charge in [0.15, 0.2) is 0 Å². The van der Waals surface area contributed by atoms with Gasteiger partial charge >= 0.3 is 0 Å². The van der Waals surface area contributed by atoms with Gasteiger partial charge in [0.05, 0.1) is 18.8 Å². The third-order valence-electron chi connectivity index (χ3n) is 3.24.